The van der Waals surface area contributed by atoms with Crippen LogP contribution in [0.4, 0.5) is 13.2 Å². The number of benzene rings is 2. The largest absolute Gasteiger partial charge is 0.573 e. The highest BCUT2D eigenvalue weighted by atomic mass is 127. The van der Waals surface area contributed by atoms with Gasteiger partial charge in [-0.1, -0.05) is 6.07 Å². The lowest BCUT2D eigenvalue weighted by Gasteiger charge is -2.08. The Morgan fingerprint density at radius 3 is 2.26 bits per heavy atom. The average molecular weight is 377 g/mol. The Hall–Kier alpha value is -1.24. The zero-order valence-corrected chi connectivity index (χ0v) is 12.0. The molecule has 1 nitrogen and oxygen atoms in total. The molecule has 0 radical (unpaired) electrons. The zero-order chi connectivity index (χ0) is 13.6. The van der Waals surface area contributed by atoms with Gasteiger partial charge in [-0.25, -0.2) is 0 Å². The van der Waals surface area contributed by atoms with Crippen molar-refractivity contribution in [2.75, 3.05) is 0 Å². The van der Waals surface area contributed by atoms with E-state index < -0.39 is 27.6 Å². The summed E-state index contributed by atoms with van der Waals surface area (Å²) in [6.45, 7) is 2.02. The lowest BCUT2D eigenvalue weighted by Crippen LogP contribution is -3.61. The number of hydrogen-bond donors (Lipinski definition) is 0. The molecule has 0 unspecified atom stereocenters. The molecule has 19 heavy (non-hydrogen) atoms. The van der Waals surface area contributed by atoms with E-state index in [4.69, 9.17) is 0 Å². The van der Waals surface area contributed by atoms with Crippen molar-refractivity contribution >= 4 is 0 Å². The minimum atomic E-state index is -4.63. The molecule has 0 fully saturated rings. The van der Waals surface area contributed by atoms with Crippen LogP contribution in [-0.2, 0) is 0 Å². The fraction of sp³-hybridized carbons (Fsp3) is 0.143. The van der Waals surface area contributed by atoms with E-state index in [1.807, 2.05) is 19.1 Å². The predicted octanol–water partition coefficient (Wildman–Crippen LogP) is 1.00. The fourth-order valence-electron chi connectivity index (χ4n) is 2.02. The van der Waals surface area contributed by atoms with Gasteiger partial charge in [0, 0.05) is 17.2 Å². The molecule has 0 aromatic heterocycles. The third-order valence-corrected chi connectivity index (χ3v) is 5.74. The summed E-state index contributed by atoms with van der Waals surface area (Å²) < 4.78 is 42.8. The Morgan fingerprint density at radius 2 is 1.58 bits per heavy atom. The molecule has 1 heterocycles. The number of rotatable bonds is 1. The van der Waals surface area contributed by atoms with Crippen molar-refractivity contribution in [3.05, 3.63) is 49.1 Å². The highest BCUT2D eigenvalue weighted by molar-refractivity contribution is 5.65. The predicted molar refractivity (Wildman–Crippen MR) is 60.7 cm³/mol. The van der Waals surface area contributed by atoms with Gasteiger partial charge in [0.25, 0.3) is 0 Å². The van der Waals surface area contributed by atoms with Gasteiger partial charge in [0.05, 0.1) is 0 Å². The lowest BCUT2D eigenvalue weighted by atomic mass is 10.0. The molecular weight excluding hydrogens is 368 g/mol. The first-order valence-corrected chi connectivity index (χ1v) is 7.74. The van der Waals surface area contributed by atoms with Crippen LogP contribution in [0.15, 0.2) is 36.4 Å². The highest BCUT2D eigenvalue weighted by Crippen LogP contribution is 2.28. The summed E-state index contributed by atoms with van der Waals surface area (Å²) in [5.41, 5.74) is 3.36. The van der Waals surface area contributed by atoms with Crippen molar-refractivity contribution in [1.29, 1.82) is 0 Å². The number of halogens is 4. The van der Waals surface area contributed by atoms with Gasteiger partial charge in [-0.2, -0.15) is 0 Å². The van der Waals surface area contributed by atoms with Crippen LogP contribution in [-0.4, -0.2) is 6.36 Å². The molecule has 0 N–H and O–H groups in total. The second-order valence-corrected chi connectivity index (χ2v) is 7.13. The molecule has 3 rings (SSSR count). The topological polar surface area (TPSA) is 9.23 Å². The smallest absolute Gasteiger partial charge is 0.406 e. The average Bonchev–Trinajstić information content (AvgIpc) is 2.62. The van der Waals surface area contributed by atoms with Crippen LogP contribution in [0.2, 0.25) is 0 Å². The number of aryl methyl sites for hydroxylation is 1. The quantitative estimate of drug-likeness (QED) is 0.576. The van der Waals surface area contributed by atoms with Gasteiger partial charge < -0.3 is 4.74 Å². The van der Waals surface area contributed by atoms with Gasteiger partial charge in [0.2, 0.25) is 7.14 Å². The lowest BCUT2D eigenvalue weighted by molar-refractivity contribution is -0.590. The number of fused-ring (bicyclic) bond motifs is 3. The minimum absolute atomic E-state index is 0.129. The summed E-state index contributed by atoms with van der Waals surface area (Å²) >= 11 is -0.421. The Labute approximate surface area is 118 Å². The Kier molecular flexibility index (Phi) is 2.96. The van der Waals surface area contributed by atoms with Crippen molar-refractivity contribution in [3.63, 3.8) is 0 Å². The minimum Gasteiger partial charge on any atom is -0.406 e. The summed E-state index contributed by atoms with van der Waals surface area (Å²) in [4.78, 5) is 0. The maximum atomic E-state index is 12.2. The molecule has 0 atom stereocenters. The molecule has 0 amide bonds. The van der Waals surface area contributed by atoms with Crippen LogP contribution < -0.4 is 25.9 Å². The third kappa shape index (κ3) is 2.56. The van der Waals surface area contributed by atoms with E-state index in [1.165, 1.54) is 21.3 Å². The van der Waals surface area contributed by atoms with Crippen LogP contribution >= 0.6 is 0 Å². The van der Waals surface area contributed by atoms with Crippen molar-refractivity contribution < 1.29 is 39.1 Å². The van der Waals surface area contributed by atoms with Crippen molar-refractivity contribution in [1.82, 2.24) is 0 Å². The normalized spacial score (nSPS) is 13.1. The van der Waals surface area contributed by atoms with Gasteiger partial charge in [0.1, 0.15) is 5.75 Å². The SMILES string of the molecule is Cc1ccc2c(c1)[I+]c1cc(OC(F)(F)F)ccc1-2. The fourth-order valence-corrected chi connectivity index (χ4v) is 5.27. The van der Waals surface area contributed by atoms with Gasteiger partial charge in [0.15, 0.2) is 0 Å². The van der Waals surface area contributed by atoms with Crippen LogP contribution in [0.1, 0.15) is 5.56 Å². The van der Waals surface area contributed by atoms with E-state index in [1.54, 1.807) is 6.07 Å². The first-order valence-electron chi connectivity index (χ1n) is 5.58. The van der Waals surface area contributed by atoms with Crippen LogP contribution in [0.5, 0.6) is 5.75 Å². The number of hydrogen-bond acceptors (Lipinski definition) is 1. The zero-order valence-electron chi connectivity index (χ0n) is 9.88. The summed E-state index contributed by atoms with van der Waals surface area (Å²) in [5.74, 6) is -0.129. The van der Waals surface area contributed by atoms with Crippen molar-refractivity contribution in [2.45, 2.75) is 13.3 Å². The molecule has 1 aliphatic rings. The van der Waals surface area contributed by atoms with Crippen molar-refractivity contribution in [3.8, 4) is 16.9 Å². The molecule has 1 aliphatic heterocycles. The summed E-state index contributed by atoms with van der Waals surface area (Å²) in [7, 11) is 0. The monoisotopic (exact) mass is 377 g/mol. The molecule has 0 saturated heterocycles. The first-order chi connectivity index (χ1) is 8.92. The molecule has 0 saturated carbocycles. The van der Waals surface area contributed by atoms with E-state index in [-0.39, 0.29) is 5.75 Å². The third-order valence-electron chi connectivity index (χ3n) is 2.79. The summed E-state index contributed by atoms with van der Waals surface area (Å²) in [5, 5.41) is 0. The van der Waals surface area contributed by atoms with Crippen LogP contribution in [0, 0.1) is 14.1 Å². The molecule has 98 valence electrons. The Balaban J connectivity index is 1.98. The second-order valence-electron chi connectivity index (χ2n) is 4.27. The molecule has 0 bridgehead atoms. The second kappa shape index (κ2) is 4.40. The Morgan fingerprint density at radius 1 is 0.947 bits per heavy atom. The standard InChI is InChI=1S/C14H9F3IO/c1-8-2-4-10-11-5-3-9(19-14(15,16)17)7-13(11)18-12(10)6-8/h2-7H,1H3/q+1. The van der Waals surface area contributed by atoms with E-state index in [2.05, 4.69) is 10.8 Å². The van der Waals surface area contributed by atoms with E-state index >= 15 is 0 Å². The van der Waals surface area contributed by atoms with Gasteiger partial charge >= 0.3 is 27.6 Å². The molecule has 2 aromatic carbocycles. The summed E-state index contributed by atoms with van der Waals surface area (Å²) in [6.07, 6.45) is -4.63. The van der Waals surface area contributed by atoms with Crippen molar-refractivity contribution in [2.24, 2.45) is 0 Å². The van der Waals surface area contributed by atoms with E-state index in [0.29, 0.717) is 0 Å². The highest BCUT2D eigenvalue weighted by Gasteiger charge is 2.36. The first kappa shape index (κ1) is 12.8. The molecule has 2 aromatic rings. The number of ether oxygens (including phenoxy) is 1. The van der Waals surface area contributed by atoms with E-state index in [0.717, 1.165) is 14.7 Å². The van der Waals surface area contributed by atoms with Gasteiger partial charge in [-0.3, -0.25) is 0 Å². The number of alkyl halides is 3. The maximum absolute atomic E-state index is 12.2. The van der Waals surface area contributed by atoms with Gasteiger partial charge in [-0.05, 0) is 36.8 Å². The molecule has 0 spiro atoms. The van der Waals surface area contributed by atoms with Gasteiger partial charge in [-0.15, -0.1) is 13.2 Å². The Bertz CT molecular complexity index is 650. The molecule has 0 aliphatic carbocycles. The maximum Gasteiger partial charge on any atom is 0.573 e. The van der Waals surface area contributed by atoms with E-state index in [9.17, 15) is 13.2 Å². The van der Waals surface area contributed by atoms with Crippen LogP contribution in [0.3, 0.4) is 0 Å². The molecule has 5 heteroatoms. The van der Waals surface area contributed by atoms with Crippen LogP contribution in [0.25, 0.3) is 11.1 Å². The summed E-state index contributed by atoms with van der Waals surface area (Å²) in [6, 6.07) is 10.8. The molecular formula is C14H9F3IO+.